The molecule has 2 heterocycles. The van der Waals surface area contributed by atoms with E-state index in [0.29, 0.717) is 0 Å². The minimum absolute atomic E-state index is 0.735. The second-order valence-electron chi connectivity index (χ2n) is 5.14. The summed E-state index contributed by atoms with van der Waals surface area (Å²) >= 11 is 0. The number of nitrogens with one attached hydrogen (secondary N) is 1. The Balaban J connectivity index is 1.72. The summed E-state index contributed by atoms with van der Waals surface area (Å²) < 4.78 is 1.83. The Morgan fingerprint density at radius 1 is 1.11 bits per heavy atom. The van der Waals surface area contributed by atoms with Crippen molar-refractivity contribution in [2.24, 2.45) is 0 Å². The average Bonchev–Trinajstić information content (AvgIpc) is 2.79. The number of aryl methyl sites for hydroxylation is 1. The first kappa shape index (κ1) is 13.8. The van der Waals surface area contributed by atoms with E-state index in [1.807, 2.05) is 16.8 Å². The number of rotatable bonds is 8. The van der Waals surface area contributed by atoms with Crippen LogP contribution in [-0.2, 0) is 0 Å². The fourth-order valence-electron chi connectivity index (χ4n) is 2.17. The van der Waals surface area contributed by atoms with E-state index in [2.05, 4.69) is 35.3 Å². The molecule has 0 saturated carbocycles. The molecule has 0 fully saturated rings. The van der Waals surface area contributed by atoms with Crippen LogP contribution in [0.3, 0.4) is 0 Å². The van der Waals surface area contributed by atoms with Crippen LogP contribution in [0.1, 0.15) is 51.0 Å². The Morgan fingerprint density at radius 2 is 1.89 bits per heavy atom. The molecular formula is C15H24N4. The van der Waals surface area contributed by atoms with E-state index in [1.54, 1.807) is 0 Å². The molecule has 0 aliphatic rings. The van der Waals surface area contributed by atoms with E-state index >= 15 is 0 Å². The minimum atomic E-state index is 0.735. The Morgan fingerprint density at radius 3 is 2.74 bits per heavy atom. The minimum Gasteiger partial charge on any atom is -0.353 e. The van der Waals surface area contributed by atoms with Crippen molar-refractivity contribution in [2.45, 2.75) is 52.4 Å². The molecule has 0 amide bonds. The Labute approximate surface area is 115 Å². The monoisotopic (exact) mass is 260 g/mol. The van der Waals surface area contributed by atoms with Crippen molar-refractivity contribution in [3.05, 3.63) is 23.9 Å². The summed E-state index contributed by atoms with van der Waals surface area (Å²) in [6.07, 6.45) is 9.86. The number of hydrogen-bond acceptors (Lipinski definition) is 3. The standard InChI is InChI=1S/C15H24N4/c1-3-4-5-6-7-8-11-16-15-17-14-10-9-13(2)12-19(14)18-15/h9-10,12H,3-8,11H2,1-2H3,(H,16,18). The van der Waals surface area contributed by atoms with Crippen LogP contribution in [0, 0.1) is 6.92 Å². The van der Waals surface area contributed by atoms with Crippen LogP contribution in [0.5, 0.6) is 0 Å². The molecule has 4 heteroatoms. The highest BCUT2D eigenvalue weighted by Crippen LogP contribution is 2.08. The van der Waals surface area contributed by atoms with Crippen molar-refractivity contribution in [1.29, 1.82) is 0 Å². The van der Waals surface area contributed by atoms with Gasteiger partial charge in [-0.05, 0) is 25.0 Å². The van der Waals surface area contributed by atoms with Gasteiger partial charge in [-0.3, -0.25) is 0 Å². The van der Waals surface area contributed by atoms with Crippen LogP contribution in [0.25, 0.3) is 5.65 Å². The van der Waals surface area contributed by atoms with Crippen LogP contribution in [-0.4, -0.2) is 21.1 Å². The summed E-state index contributed by atoms with van der Waals surface area (Å²) in [4.78, 5) is 4.44. The number of anilines is 1. The molecule has 2 rings (SSSR count). The first-order valence-electron chi connectivity index (χ1n) is 7.36. The largest absolute Gasteiger partial charge is 0.353 e. The third kappa shape index (κ3) is 4.23. The van der Waals surface area contributed by atoms with E-state index in [9.17, 15) is 0 Å². The second kappa shape index (κ2) is 7.12. The van der Waals surface area contributed by atoms with Crippen LogP contribution < -0.4 is 5.32 Å². The van der Waals surface area contributed by atoms with Gasteiger partial charge in [0, 0.05) is 12.7 Å². The van der Waals surface area contributed by atoms with Gasteiger partial charge < -0.3 is 5.32 Å². The van der Waals surface area contributed by atoms with Gasteiger partial charge in [0.25, 0.3) is 0 Å². The van der Waals surface area contributed by atoms with Crippen molar-refractivity contribution in [3.63, 3.8) is 0 Å². The maximum atomic E-state index is 4.44. The van der Waals surface area contributed by atoms with Gasteiger partial charge in [0.2, 0.25) is 5.95 Å². The predicted molar refractivity (Wildman–Crippen MR) is 79.6 cm³/mol. The molecule has 0 spiro atoms. The van der Waals surface area contributed by atoms with Gasteiger partial charge in [-0.1, -0.05) is 45.1 Å². The van der Waals surface area contributed by atoms with Gasteiger partial charge in [-0.15, -0.1) is 5.10 Å². The highest BCUT2D eigenvalue weighted by Gasteiger charge is 2.02. The van der Waals surface area contributed by atoms with E-state index in [4.69, 9.17) is 0 Å². The normalized spacial score (nSPS) is 11.1. The van der Waals surface area contributed by atoms with Gasteiger partial charge >= 0.3 is 0 Å². The zero-order valence-corrected chi connectivity index (χ0v) is 12.0. The molecule has 0 radical (unpaired) electrons. The lowest BCUT2D eigenvalue weighted by molar-refractivity contribution is 0.616. The first-order chi connectivity index (χ1) is 9.29. The molecule has 0 saturated heterocycles. The molecule has 0 aliphatic heterocycles. The van der Waals surface area contributed by atoms with Gasteiger partial charge in [-0.25, -0.2) is 4.52 Å². The van der Waals surface area contributed by atoms with E-state index in [1.165, 1.54) is 44.1 Å². The lowest BCUT2D eigenvalue weighted by Gasteiger charge is -2.01. The van der Waals surface area contributed by atoms with Gasteiger partial charge in [0.15, 0.2) is 5.65 Å². The molecule has 0 aromatic carbocycles. The van der Waals surface area contributed by atoms with Crippen LogP contribution >= 0.6 is 0 Å². The number of fused-ring (bicyclic) bond motifs is 1. The van der Waals surface area contributed by atoms with Crippen molar-refractivity contribution >= 4 is 11.6 Å². The smallest absolute Gasteiger partial charge is 0.243 e. The summed E-state index contributed by atoms with van der Waals surface area (Å²) in [5.74, 6) is 0.735. The molecule has 1 N–H and O–H groups in total. The molecular weight excluding hydrogens is 236 g/mol. The van der Waals surface area contributed by atoms with Crippen molar-refractivity contribution in [3.8, 4) is 0 Å². The molecule has 4 nitrogen and oxygen atoms in total. The summed E-state index contributed by atoms with van der Waals surface area (Å²) in [5, 5.41) is 7.72. The van der Waals surface area contributed by atoms with Crippen LogP contribution in [0.4, 0.5) is 5.95 Å². The fraction of sp³-hybridized carbons (Fsp3) is 0.600. The number of unbranched alkanes of at least 4 members (excludes halogenated alkanes) is 5. The van der Waals surface area contributed by atoms with Gasteiger partial charge in [0.05, 0.1) is 0 Å². The number of pyridine rings is 1. The van der Waals surface area contributed by atoms with Gasteiger partial charge in [-0.2, -0.15) is 4.98 Å². The average molecular weight is 260 g/mol. The lowest BCUT2D eigenvalue weighted by Crippen LogP contribution is -2.03. The molecule has 2 aromatic rings. The zero-order chi connectivity index (χ0) is 13.5. The number of aromatic nitrogens is 3. The molecule has 0 atom stereocenters. The SMILES string of the molecule is CCCCCCCCNc1nc2ccc(C)cn2n1. The fourth-order valence-corrected chi connectivity index (χ4v) is 2.17. The highest BCUT2D eigenvalue weighted by molar-refractivity contribution is 5.43. The van der Waals surface area contributed by atoms with E-state index in [-0.39, 0.29) is 0 Å². The first-order valence-corrected chi connectivity index (χ1v) is 7.36. The lowest BCUT2D eigenvalue weighted by atomic mass is 10.1. The summed E-state index contributed by atoms with van der Waals surface area (Å²) in [5.41, 5.74) is 2.09. The highest BCUT2D eigenvalue weighted by atomic mass is 15.3. The van der Waals surface area contributed by atoms with Crippen molar-refractivity contribution in [1.82, 2.24) is 14.6 Å². The maximum absolute atomic E-state index is 4.44. The quantitative estimate of drug-likeness (QED) is 0.734. The molecule has 19 heavy (non-hydrogen) atoms. The van der Waals surface area contributed by atoms with Crippen LogP contribution in [0.2, 0.25) is 0 Å². The van der Waals surface area contributed by atoms with Crippen molar-refractivity contribution < 1.29 is 0 Å². The molecule has 0 aliphatic carbocycles. The van der Waals surface area contributed by atoms with E-state index in [0.717, 1.165) is 18.1 Å². The summed E-state index contributed by atoms with van der Waals surface area (Å²) in [7, 11) is 0. The Kier molecular flexibility index (Phi) is 5.19. The topological polar surface area (TPSA) is 42.2 Å². The second-order valence-corrected chi connectivity index (χ2v) is 5.14. The molecule has 2 aromatic heterocycles. The summed E-state index contributed by atoms with van der Waals surface area (Å²) in [6.45, 7) is 5.27. The zero-order valence-electron chi connectivity index (χ0n) is 12.0. The Hall–Kier alpha value is -1.58. The third-order valence-electron chi connectivity index (χ3n) is 3.29. The molecule has 0 bridgehead atoms. The Bertz CT molecular complexity index is 504. The number of hydrogen-bond donors (Lipinski definition) is 1. The molecule has 104 valence electrons. The van der Waals surface area contributed by atoms with E-state index < -0.39 is 0 Å². The number of nitrogens with zero attached hydrogens (tertiary/aromatic N) is 3. The molecule has 0 unspecified atom stereocenters. The van der Waals surface area contributed by atoms with Crippen molar-refractivity contribution in [2.75, 3.05) is 11.9 Å². The third-order valence-corrected chi connectivity index (χ3v) is 3.29. The summed E-state index contributed by atoms with van der Waals surface area (Å²) in [6, 6.07) is 4.06. The van der Waals surface area contributed by atoms with Gasteiger partial charge in [0.1, 0.15) is 0 Å². The predicted octanol–water partition coefficient (Wildman–Crippen LogP) is 3.81. The maximum Gasteiger partial charge on any atom is 0.243 e. The van der Waals surface area contributed by atoms with Crippen LogP contribution in [0.15, 0.2) is 18.3 Å².